The average molecular weight is 339 g/mol. The van der Waals surface area contributed by atoms with Crippen LogP contribution in [0.1, 0.15) is 24.7 Å². The minimum absolute atomic E-state index is 0.189. The molecule has 2 aromatic carbocycles. The highest BCUT2D eigenvalue weighted by Crippen LogP contribution is 2.08. The Hall–Kier alpha value is -3.02. The van der Waals surface area contributed by atoms with E-state index in [9.17, 15) is 14.0 Å². The average Bonchev–Trinajstić information content (AvgIpc) is 2.63. The van der Waals surface area contributed by atoms with Gasteiger partial charge in [0.1, 0.15) is 11.6 Å². The van der Waals surface area contributed by atoms with Crippen LogP contribution in [0.25, 0.3) is 10.9 Å². The van der Waals surface area contributed by atoms with Crippen LogP contribution >= 0.6 is 0 Å². The Morgan fingerprint density at radius 3 is 2.60 bits per heavy atom. The Labute approximate surface area is 144 Å². The lowest BCUT2D eigenvalue weighted by atomic mass is 10.1. The van der Waals surface area contributed by atoms with Gasteiger partial charge in [-0.3, -0.25) is 15.0 Å². The van der Waals surface area contributed by atoms with Gasteiger partial charge in [-0.05, 0) is 36.2 Å². The third-order valence-corrected chi connectivity index (χ3v) is 3.95. The number of halogens is 1. The number of carbonyl (C=O) groups is 1. The molecule has 0 spiro atoms. The van der Waals surface area contributed by atoms with E-state index in [2.05, 4.69) is 10.4 Å². The molecule has 0 unspecified atom stereocenters. The number of nitrogens with one attached hydrogen (secondary N) is 1. The summed E-state index contributed by atoms with van der Waals surface area (Å²) in [6.07, 6.45) is 1.16. The molecule has 1 aromatic heterocycles. The van der Waals surface area contributed by atoms with Crippen molar-refractivity contribution in [3.8, 4) is 0 Å². The second kappa shape index (κ2) is 7.25. The summed E-state index contributed by atoms with van der Waals surface area (Å²) in [6, 6.07) is 13.0. The van der Waals surface area contributed by atoms with Crippen LogP contribution in [0.3, 0.4) is 0 Å². The number of fused-ring (bicyclic) bond motifs is 1. The third kappa shape index (κ3) is 3.74. The topological polar surface area (TPSA) is 64.0 Å². The second-order valence-electron chi connectivity index (χ2n) is 5.70. The first-order chi connectivity index (χ1) is 12.1. The van der Waals surface area contributed by atoms with Gasteiger partial charge in [0.25, 0.3) is 5.56 Å². The smallest absolute Gasteiger partial charge is 0.273 e. The van der Waals surface area contributed by atoms with Gasteiger partial charge in [0.05, 0.1) is 10.9 Å². The number of carbonyl (C=O) groups excluding carboxylic acids is 1. The SMILES string of the molecule is CCc1nc2ccccc2c(=O)n1NC(=O)CCc1ccc(F)cc1. The lowest BCUT2D eigenvalue weighted by molar-refractivity contribution is -0.117. The van der Waals surface area contributed by atoms with Crippen molar-refractivity contribution in [3.63, 3.8) is 0 Å². The van der Waals surface area contributed by atoms with E-state index in [0.717, 1.165) is 5.56 Å². The summed E-state index contributed by atoms with van der Waals surface area (Å²) in [4.78, 5) is 29.3. The van der Waals surface area contributed by atoms with E-state index in [1.807, 2.05) is 13.0 Å². The molecule has 1 heterocycles. The number of aryl methyl sites for hydroxylation is 2. The molecule has 3 aromatic rings. The predicted molar refractivity (Wildman–Crippen MR) is 94.5 cm³/mol. The lowest BCUT2D eigenvalue weighted by Crippen LogP contribution is -2.36. The Kier molecular flexibility index (Phi) is 4.88. The molecule has 0 saturated heterocycles. The van der Waals surface area contributed by atoms with Crippen LogP contribution in [0.2, 0.25) is 0 Å². The molecule has 1 amide bonds. The molecule has 5 nitrogen and oxygen atoms in total. The molecule has 0 saturated carbocycles. The van der Waals surface area contributed by atoms with E-state index < -0.39 is 0 Å². The molecule has 6 heteroatoms. The predicted octanol–water partition coefficient (Wildman–Crippen LogP) is 2.80. The molecular formula is C19H18FN3O2. The van der Waals surface area contributed by atoms with Crippen LogP contribution in [-0.2, 0) is 17.6 Å². The number of hydrogen-bond donors (Lipinski definition) is 1. The summed E-state index contributed by atoms with van der Waals surface area (Å²) in [7, 11) is 0. The van der Waals surface area contributed by atoms with Crippen molar-refractivity contribution in [2.45, 2.75) is 26.2 Å². The van der Waals surface area contributed by atoms with Crippen LogP contribution < -0.4 is 11.0 Å². The summed E-state index contributed by atoms with van der Waals surface area (Å²) in [6.45, 7) is 1.87. The molecule has 25 heavy (non-hydrogen) atoms. The van der Waals surface area contributed by atoms with Gasteiger partial charge in [-0.15, -0.1) is 0 Å². The second-order valence-corrected chi connectivity index (χ2v) is 5.70. The lowest BCUT2D eigenvalue weighted by Gasteiger charge is -2.13. The van der Waals surface area contributed by atoms with Gasteiger partial charge < -0.3 is 0 Å². The molecule has 0 aliphatic heterocycles. The van der Waals surface area contributed by atoms with E-state index in [1.54, 1.807) is 30.3 Å². The van der Waals surface area contributed by atoms with Crippen LogP contribution in [0, 0.1) is 5.82 Å². The van der Waals surface area contributed by atoms with Gasteiger partial charge in [-0.25, -0.2) is 14.1 Å². The largest absolute Gasteiger partial charge is 0.280 e. The molecule has 3 rings (SSSR count). The molecule has 1 N–H and O–H groups in total. The number of benzene rings is 2. The normalized spacial score (nSPS) is 10.8. The number of amides is 1. The Morgan fingerprint density at radius 2 is 1.88 bits per heavy atom. The Bertz CT molecular complexity index is 965. The van der Waals surface area contributed by atoms with Crippen molar-refractivity contribution < 1.29 is 9.18 Å². The Balaban J connectivity index is 1.79. The standard InChI is InChI=1S/C19H18FN3O2/c1-2-17-21-16-6-4-3-5-15(16)19(25)23(17)22-18(24)12-9-13-7-10-14(20)11-8-13/h3-8,10-11H,2,9,12H2,1H3,(H,22,24). The molecular weight excluding hydrogens is 321 g/mol. The van der Waals surface area contributed by atoms with Crippen molar-refractivity contribution >= 4 is 16.8 Å². The van der Waals surface area contributed by atoms with Crippen molar-refractivity contribution in [3.05, 3.63) is 76.1 Å². The van der Waals surface area contributed by atoms with Gasteiger partial charge in [-0.2, -0.15) is 0 Å². The fourth-order valence-corrected chi connectivity index (χ4v) is 2.62. The van der Waals surface area contributed by atoms with Crippen LogP contribution in [0.15, 0.2) is 53.3 Å². The van der Waals surface area contributed by atoms with Gasteiger partial charge >= 0.3 is 0 Å². The number of rotatable bonds is 5. The first-order valence-corrected chi connectivity index (χ1v) is 8.13. The van der Waals surface area contributed by atoms with E-state index in [1.165, 1.54) is 16.8 Å². The summed E-state index contributed by atoms with van der Waals surface area (Å²) >= 11 is 0. The number of para-hydroxylation sites is 1. The molecule has 0 atom stereocenters. The highest BCUT2D eigenvalue weighted by Gasteiger charge is 2.12. The maximum Gasteiger partial charge on any atom is 0.280 e. The number of aromatic nitrogens is 2. The quantitative estimate of drug-likeness (QED) is 0.777. The first-order valence-electron chi connectivity index (χ1n) is 8.13. The molecule has 128 valence electrons. The fraction of sp³-hybridized carbons (Fsp3) is 0.211. The van der Waals surface area contributed by atoms with Crippen LogP contribution in [0.4, 0.5) is 4.39 Å². The van der Waals surface area contributed by atoms with E-state index >= 15 is 0 Å². The summed E-state index contributed by atoms with van der Waals surface area (Å²) in [5, 5.41) is 0.457. The summed E-state index contributed by atoms with van der Waals surface area (Å²) in [5.74, 6) is -0.105. The number of nitrogens with zero attached hydrogens (tertiary/aromatic N) is 2. The molecule has 0 fully saturated rings. The number of hydrogen-bond acceptors (Lipinski definition) is 3. The van der Waals surface area contributed by atoms with Gasteiger partial charge in [-0.1, -0.05) is 31.2 Å². The summed E-state index contributed by atoms with van der Waals surface area (Å²) in [5.41, 5.74) is 3.81. The molecule has 0 aliphatic carbocycles. The summed E-state index contributed by atoms with van der Waals surface area (Å²) < 4.78 is 14.1. The maximum atomic E-state index is 12.9. The molecule has 0 bridgehead atoms. The van der Waals surface area contributed by atoms with Gasteiger partial charge in [0, 0.05) is 12.8 Å². The van der Waals surface area contributed by atoms with E-state index in [0.29, 0.717) is 29.6 Å². The zero-order valence-electron chi connectivity index (χ0n) is 13.8. The molecule has 0 aliphatic rings. The monoisotopic (exact) mass is 339 g/mol. The minimum atomic E-state index is -0.311. The highest BCUT2D eigenvalue weighted by molar-refractivity contribution is 5.84. The van der Waals surface area contributed by atoms with Crippen LogP contribution in [-0.4, -0.2) is 15.6 Å². The van der Waals surface area contributed by atoms with Crippen molar-refractivity contribution in [2.24, 2.45) is 0 Å². The Morgan fingerprint density at radius 1 is 1.16 bits per heavy atom. The molecule has 0 radical (unpaired) electrons. The first kappa shape index (κ1) is 16.8. The van der Waals surface area contributed by atoms with Crippen LogP contribution in [0.5, 0.6) is 0 Å². The van der Waals surface area contributed by atoms with Crippen molar-refractivity contribution in [1.82, 2.24) is 9.66 Å². The highest BCUT2D eigenvalue weighted by atomic mass is 19.1. The van der Waals surface area contributed by atoms with Gasteiger partial charge in [0.2, 0.25) is 5.91 Å². The zero-order valence-corrected chi connectivity index (χ0v) is 13.8. The minimum Gasteiger partial charge on any atom is -0.273 e. The third-order valence-electron chi connectivity index (χ3n) is 3.95. The van der Waals surface area contributed by atoms with Crippen molar-refractivity contribution in [1.29, 1.82) is 0 Å². The van der Waals surface area contributed by atoms with Gasteiger partial charge in [0.15, 0.2) is 0 Å². The van der Waals surface area contributed by atoms with Crippen molar-refractivity contribution in [2.75, 3.05) is 5.43 Å². The maximum absolute atomic E-state index is 12.9. The van der Waals surface area contributed by atoms with E-state index in [-0.39, 0.29) is 23.7 Å². The van der Waals surface area contributed by atoms with E-state index in [4.69, 9.17) is 0 Å². The zero-order chi connectivity index (χ0) is 17.8. The fourth-order valence-electron chi connectivity index (χ4n) is 2.62.